The number of likely N-dealkylation sites (N-methyl/N-ethyl adjacent to an activating group) is 1. The minimum Gasteiger partial charge on any atom is -0.312 e. The minimum atomic E-state index is -3.62. The number of para-hydroxylation sites is 1. The quantitative estimate of drug-likeness (QED) is 0.762. The number of rotatable bonds is 3. The van der Waals surface area contributed by atoms with E-state index in [2.05, 4.69) is 0 Å². The lowest BCUT2D eigenvalue weighted by Crippen LogP contribution is -2.50. The molecule has 0 atom stereocenters. The topological polar surface area (TPSA) is 57.7 Å². The van der Waals surface area contributed by atoms with Gasteiger partial charge in [-0.05, 0) is 62.1 Å². The predicted octanol–water partition coefficient (Wildman–Crippen LogP) is 3.74. The van der Waals surface area contributed by atoms with Crippen LogP contribution in [-0.4, -0.2) is 38.3 Å². The number of hydrogen-bond donors (Lipinski definition) is 0. The Labute approximate surface area is 171 Å². The van der Waals surface area contributed by atoms with Gasteiger partial charge in [0, 0.05) is 30.3 Å². The molecule has 1 spiro atoms. The molecule has 0 aromatic heterocycles. The van der Waals surface area contributed by atoms with E-state index in [9.17, 15) is 13.2 Å². The average molecular weight is 419 g/mol. The number of piperidine rings is 1. The number of aryl methyl sites for hydroxylation is 1. The second kappa shape index (κ2) is 6.87. The zero-order chi connectivity index (χ0) is 20.1. The SMILES string of the molecule is CCN1C(=O)C2(CCN(S(=O)(=O)c3ccc(Cl)cc3C)CC2)c2ccccc21. The van der Waals surface area contributed by atoms with Gasteiger partial charge in [0.05, 0.1) is 10.3 Å². The highest BCUT2D eigenvalue weighted by Gasteiger charge is 2.52. The van der Waals surface area contributed by atoms with Crippen LogP contribution in [0.2, 0.25) is 5.02 Å². The standard InChI is InChI=1S/C21H23ClN2O3S/c1-3-24-18-7-5-4-6-17(18)21(20(24)25)10-12-23(13-11-21)28(26,27)19-9-8-16(22)14-15(19)2/h4-9,14H,3,10-13H2,1-2H3. The smallest absolute Gasteiger partial charge is 0.243 e. The van der Waals surface area contributed by atoms with Gasteiger partial charge in [-0.15, -0.1) is 0 Å². The fourth-order valence-corrected chi connectivity index (χ4v) is 6.42. The molecule has 0 bridgehead atoms. The van der Waals surface area contributed by atoms with E-state index in [-0.39, 0.29) is 10.8 Å². The van der Waals surface area contributed by atoms with Gasteiger partial charge >= 0.3 is 0 Å². The van der Waals surface area contributed by atoms with Crippen LogP contribution in [-0.2, 0) is 20.2 Å². The number of anilines is 1. The van der Waals surface area contributed by atoms with Crippen molar-refractivity contribution >= 4 is 33.2 Å². The van der Waals surface area contributed by atoms with Crippen molar-refractivity contribution in [2.75, 3.05) is 24.5 Å². The van der Waals surface area contributed by atoms with Crippen LogP contribution in [0.3, 0.4) is 0 Å². The van der Waals surface area contributed by atoms with Gasteiger partial charge in [0.1, 0.15) is 0 Å². The van der Waals surface area contributed by atoms with Gasteiger partial charge in [-0.1, -0.05) is 29.8 Å². The Morgan fingerprint density at radius 3 is 2.43 bits per heavy atom. The van der Waals surface area contributed by atoms with Crippen molar-refractivity contribution in [3.05, 3.63) is 58.6 Å². The molecule has 2 aliphatic rings. The van der Waals surface area contributed by atoms with Gasteiger partial charge in [-0.25, -0.2) is 8.42 Å². The maximum atomic E-state index is 13.2. The molecule has 1 fully saturated rings. The molecule has 2 aliphatic heterocycles. The Balaban J connectivity index is 1.64. The molecular formula is C21H23ClN2O3S. The van der Waals surface area contributed by atoms with Crippen molar-refractivity contribution < 1.29 is 13.2 Å². The summed E-state index contributed by atoms with van der Waals surface area (Å²) < 4.78 is 27.8. The molecule has 2 aromatic rings. The summed E-state index contributed by atoms with van der Waals surface area (Å²) in [5.41, 5.74) is 2.00. The summed E-state index contributed by atoms with van der Waals surface area (Å²) >= 11 is 5.98. The zero-order valence-electron chi connectivity index (χ0n) is 16.0. The highest BCUT2D eigenvalue weighted by Crippen LogP contribution is 2.48. The first-order valence-electron chi connectivity index (χ1n) is 9.49. The molecule has 1 saturated heterocycles. The van der Waals surface area contributed by atoms with Crippen molar-refractivity contribution in [1.82, 2.24) is 4.31 Å². The lowest BCUT2D eigenvalue weighted by atomic mass is 9.74. The van der Waals surface area contributed by atoms with Crippen LogP contribution in [0.25, 0.3) is 0 Å². The van der Waals surface area contributed by atoms with Crippen LogP contribution in [0.4, 0.5) is 5.69 Å². The van der Waals surface area contributed by atoms with Gasteiger partial charge in [-0.3, -0.25) is 4.79 Å². The Kier molecular flexibility index (Phi) is 4.76. The first kappa shape index (κ1) is 19.4. The molecule has 0 radical (unpaired) electrons. The van der Waals surface area contributed by atoms with Gasteiger partial charge in [0.2, 0.25) is 15.9 Å². The van der Waals surface area contributed by atoms with Crippen LogP contribution in [0.15, 0.2) is 47.4 Å². The molecule has 1 amide bonds. The van der Waals surface area contributed by atoms with Crippen LogP contribution in [0.5, 0.6) is 0 Å². The number of fused-ring (bicyclic) bond motifs is 2. The van der Waals surface area contributed by atoms with Gasteiger partial charge in [0.15, 0.2) is 0 Å². The van der Waals surface area contributed by atoms with E-state index in [1.807, 2.05) is 36.1 Å². The van der Waals surface area contributed by atoms with Crippen LogP contribution < -0.4 is 4.90 Å². The number of carbonyl (C=O) groups excluding carboxylic acids is 1. The molecule has 7 heteroatoms. The summed E-state index contributed by atoms with van der Waals surface area (Å²) in [6.45, 7) is 4.98. The third-order valence-electron chi connectivity index (χ3n) is 6.01. The summed E-state index contributed by atoms with van der Waals surface area (Å²) in [6.07, 6.45) is 0.983. The van der Waals surface area contributed by atoms with E-state index in [1.54, 1.807) is 25.1 Å². The van der Waals surface area contributed by atoms with Crippen molar-refractivity contribution in [2.45, 2.75) is 37.0 Å². The highest BCUT2D eigenvalue weighted by atomic mass is 35.5. The van der Waals surface area contributed by atoms with Crippen LogP contribution in [0, 0.1) is 6.92 Å². The zero-order valence-corrected chi connectivity index (χ0v) is 17.6. The highest BCUT2D eigenvalue weighted by molar-refractivity contribution is 7.89. The second-order valence-electron chi connectivity index (χ2n) is 7.46. The summed E-state index contributed by atoms with van der Waals surface area (Å²) in [7, 11) is -3.62. The van der Waals surface area contributed by atoms with Crippen LogP contribution >= 0.6 is 11.6 Å². The molecule has 148 valence electrons. The molecule has 0 saturated carbocycles. The Morgan fingerprint density at radius 1 is 1.11 bits per heavy atom. The summed E-state index contributed by atoms with van der Waals surface area (Å²) in [5, 5.41) is 0.516. The van der Waals surface area contributed by atoms with Crippen molar-refractivity contribution in [1.29, 1.82) is 0 Å². The maximum absolute atomic E-state index is 13.2. The molecular weight excluding hydrogens is 396 g/mol. The number of carbonyl (C=O) groups is 1. The van der Waals surface area contributed by atoms with E-state index in [0.29, 0.717) is 43.1 Å². The van der Waals surface area contributed by atoms with Crippen molar-refractivity contribution in [2.24, 2.45) is 0 Å². The molecule has 28 heavy (non-hydrogen) atoms. The molecule has 5 nitrogen and oxygen atoms in total. The normalized spacial score (nSPS) is 19.2. The number of sulfonamides is 1. The van der Waals surface area contributed by atoms with Gasteiger partial charge in [0.25, 0.3) is 0 Å². The third-order valence-corrected chi connectivity index (χ3v) is 8.31. The molecule has 2 aromatic carbocycles. The summed E-state index contributed by atoms with van der Waals surface area (Å²) in [6, 6.07) is 12.7. The first-order chi connectivity index (χ1) is 13.3. The van der Waals surface area contributed by atoms with E-state index in [4.69, 9.17) is 11.6 Å². The van der Waals surface area contributed by atoms with E-state index < -0.39 is 15.4 Å². The van der Waals surface area contributed by atoms with E-state index in [1.165, 1.54) is 4.31 Å². The van der Waals surface area contributed by atoms with Crippen LogP contribution in [0.1, 0.15) is 30.9 Å². The fraction of sp³-hybridized carbons (Fsp3) is 0.381. The Hall–Kier alpha value is -1.89. The summed E-state index contributed by atoms with van der Waals surface area (Å²) in [4.78, 5) is 15.3. The molecule has 4 rings (SSSR count). The number of hydrogen-bond acceptors (Lipinski definition) is 3. The molecule has 0 N–H and O–H groups in total. The van der Waals surface area contributed by atoms with Crippen molar-refractivity contribution in [3.63, 3.8) is 0 Å². The summed E-state index contributed by atoms with van der Waals surface area (Å²) in [5.74, 6) is 0.0934. The first-order valence-corrected chi connectivity index (χ1v) is 11.3. The number of halogens is 1. The number of nitrogens with zero attached hydrogens (tertiary/aromatic N) is 2. The average Bonchev–Trinajstić information content (AvgIpc) is 2.90. The third kappa shape index (κ3) is 2.78. The number of benzene rings is 2. The predicted molar refractivity (Wildman–Crippen MR) is 110 cm³/mol. The molecule has 0 aliphatic carbocycles. The fourth-order valence-electron chi connectivity index (χ4n) is 4.54. The van der Waals surface area contributed by atoms with Crippen molar-refractivity contribution in [3.8, 4) is 0 Å². The minimum absolute atomic E-state index is 0.0934. The van der Waals surface area contributed by atoms with Gasteiger partial charge in [-0.2, -0.15) is 4.31 Å². The Morgan fingerprint density at radius 2 is 1.79 bits per heavy atom. The largest absolute Gasteiger partial charge is 0.312 e. The van der Waals surface area contributed by atoms with E-state index >= 15 is 0 Å². The van der Waals surface area contributed by atoms with E-state index in [0.717, 1.165) is 11.3 Å². The lowest BCUT2D eigenvalue weighted by Gasteiger charge is -2.38. The Bertz CT molecular complexity index is 1040. The maximum Gasteiger partial charge on any atom is 0.243 e. The second-order valence-corrected chi connectivity index (χ2v) is 9.81. The lowest BCUT2D eigenvalue weighted by molar-refractivity contribution is -0.124. The number of amides is 1. The van der Waals surface area contributed by atoms with Gasteiger partial charge < -0.3 is 4.90 Å². The molecule has 0 unspecified atom stereocenters. The monoisotopic (exact) mass is 418 g/mol. The molecule has 2 heterocycles.